The van der Waals surface area contributed by atoms with Gasteiger partial charge in [0.1, 0.15) is 0 Å². The minimum atomic E-state index is -4.75. The van der Waals surface area contributed by atoms with Crippen LogP contribution in [-0.4, -0.2) is 18.6 Å². The van der Waals surface area contributed by atoms with Crippen LogP contribution in [0.5, 0.6) is 0 Å². The van der Waals surface area contributed by atoms with Gasteiger partial charge in [-0.3, -0.25) is 0 Å². The number of alkyl halides is 3. The van der Waals surface area contributed by atoms with Crippen LogP contribution in [0.15, 0.2) is 27.4 Å². The Bertz CT molecular complexity index is 739. The van der Waals surface area contributed by atoms with Gasteiger partial charge < -0.3 is 0 Å². The molecular weight excluding hydrogens is 360 g/mol. The van der Waals surface area contributed by atoms with E-state index in [1.807, 2.05) is 0 Å². The Morgan fingerprint density at radius 3 is 2.05 bits per heavy atom. The highest BCUT2D eigenvalue weighted by molar-refractivity contribution is 7.93. The first-order valence-corrected chi connectivity index (χ1v) is 7.78. The summed E-state index contributed by atoms with van der Waals surface area (Å²) in [4.78, 5) is -0.347. The van der Waals surface area contributed by atoms with Gasteiger partial charge in [0.15, 0.2) is 0 Å². The molecule has 0 saturated heterocycles. The normalized spacial score (nSPS) is 12.7. The Morgan fingerprint density at radius 2 is 1.60 bits per heavy atom. The Labute approximate surface area is 125 Å². The molecule has 11 heteroatoms. The lowest BCUT2D eigenvalue weighted by Crippen LogP contribution is -2.03. The van der Waals surface area contributed by atoms with Gasteiger partial charge in [0.2, 0.25) is 19.2 Å². The molecule has 2 aromatic rings. The molecular formula is C9H3Cl2F3N2O2S2. The number of benzene rings is 1. The monoisotopic (exact) mass is 362 g/mol. The molecule has 0 bridgehead atoms. The van der Waals surface area contributed by atoms with Crippen LogP contribution in [0.3, 0.4) is 0 Å². The highest BCUT2D eigenvalue weighted by atomic mass is 35.5. The van der Waals surface area contributed by atoms with Crippen LogP contribution in [0.4, 0.5) is 13.2 Å². The minimum absolute atomic E-state index is 0.0386. The SMILES string of the molecule is O=S(=O)(c1cc(Cl)cc(Cl)c1)c1nnc(C(F)(F)F)s1. The van der Waals surface area contributed by atoms with Crippen molar-refractivity contribution in [3.05, 3.63) is 33.3 Å². The predicted molar refractivity (Wildman–Crippen MR) is 66.8 cm³/mol. The fraction of sp³-hybridized carbons (Fsp3) is 0.111. The van der Waals surface area contributed by atoms with Gasteiger partial charge in [0.05, 0.1) is 4.90 Å². The van der Waals surface area contributed by atoms with Gasteiger partial charge in [-0.15, -0.1) is 10.2 Å². The van der Waals surface area contributed by atoms with Crippen molar-refractivity contribution >= 4 is 44.4 Å². The third kappa shape index (κ3) is 3.05. The van der Waals surface area contributed by atoms with Crippen molar-refractivity contribution in [1.82, 2.24) is 10.2 Å². The molecule has 0 N–H and O–H groups in total. The molecule has 0 aliphatic rings. The lowest BCUT2D eigenvalue weighted by Gasteiger charge is -2.02. The number of hydrogen-bond acceptors (Lipinski definition) is 5. The van der Waals surface area contributed by atoms with Gasteiger partial charge >= 0.3 is 6.18 Å². The van der Waals surface area contributed by atoms with E-state index in [2.05, 4.69) is 10.2 Å². The number of nitrogens with zero attached hydrogens (tertiary/aromatic N) is 2. The van der Waals surface area contributed by atoms with Crippen LogP contribution in [0, 0.1) is 0 Å². The maximum absolute atomic E-state index is 12.4. The Balaban J connectivity index is 2.53. The van der Waals surface area contributed by atoms with Crippen LogP contribution in [-0.2, 0) is 16.0 Å². The van der Waals surface area contributed by atoms with Crippen LogP contribution in [0.1, 0.15) is 5.01 Å². The zero-order valence-corrected chi connectivity index (χ0v) is 12.3. The molecule has 4 nitrogen and oxygen atoms in total. The van der Waals surface area contributed by atoms with Gasteiger partial charge in [-0.05, 0) is 18.2 Å². The van der Waals surface area contributed by atoms with Gasteiger partial charge in [-0.2, -0.15) is 13.2 Å². The maximum atomic E-state index is 12.4. The van der Waals surface area contributed by atoms with Crippen molar-refractivity contribution in [2.45, 2.75) is 15.4 Å². The van der Waals surface area contributed by atoms with E-state index in [-0.39, 0.29) is 26.3 Å². The Morgan fingerprint density at radius 1 is 1.05 bits per heavy atom. The minimum Gasteiger partial charge on any atom is -0.216 e. The second kappa shape index (κ2) is 5.14. The van der Waals surface area contributed by atoms with Crippen LogP contribution >= 0.6 is 34.5 Å². The van der Waals surface area contributed by atoms with Crippen LogP contribution in [0.25, 0.3) is 0 Å². The van der Waals surface area contributed by atoms with Crippen molar-refractivity contribution in [2.24, 2.45) is 0 Å². The maximum Gasteiger partial charge on any atom is 0.445 e. The predicted octanol–water partition coefficient (Wildman–Crippen LogP) is 3.70. The van der Waals surface area contributed by atoms with Crippen molar-refractivity contribution in [1.29, 1.82) is 0 Å². The molecule has 2 rings (SSSR count). The third-order valence-corrected chi connectivity index (χ3v) is 5.53. The van der Waals surface area contributed by atoms with E-state index < -0.39 is 25.4 Å². The Kier molecular flexibility index (Phi) is 3.98. The summed E-state index contributed by atoms with van der Waals surface area (Å²) in [7, 11) is -4.25. The molecule has 0 atom stereocenters. The molecule has 108 valence electrons. The van der Waals surface area contributed by atoms with Gasteiger partial charge in [-0.25, -0.2) is 8.42 Å². The van der Waals surface area contributed by atoms with Crippen molar-refractivity contribution < 1.29 is 21.6 Å². The van der Waals surface area contributed by atoms with E-state index in [4.69, 9.17) is 23.2 Å². The third-order valence-electron chi connectivity index (χ3n) is 2.03. The van der Waals surface area contributed by atoms with E-state index in [1.165, 1.54) is 6.07 Å². The molecule has 0 aliphatic carbocycles. The smallest absolute Gasteiger partial charge is 0.216 e. The lowest BCUT2D eigenvalue weighted by molar-refractivity contribution is -0.138. The average Bonchev–Trinajstić information content (AvgIpc) is 2.76. The van der Waals surface area contributed by atoms with Gasteiger partial charge in [-0.1, -0.05) is 34.5 Å². The summed E-state index contributed by atoms with van der Waals surface area (Å²) in [5.74, 6) is 0. The number of rotatable bonds is 2. The molecule has 0 saturated carbocycles. The van der Waals surface area contributed by atoms with E-state index in [1.54, 1.807) is 0 Å². The second-order valence-corrected chi connectivity index (χ2v) is 7.45. The summed E-state index contributed by atoms with van der Waals surface area (Å²) in [6, 6.07) is 3.43. The molecule has 1 aromatic heterocycles. The van der Waals surface area contributed by atoms with Crippen LogP contribution in [0.2, 0.25) is 10.0 Å². The van der Waals surface area contributed by atoms with Crippen molar-refractivity contribution in [2.75, 3.05) is 0 Å². The summed E-state index contributed by atoms with van der Waals surface area (Å²) in [6.45, 7) is 0. The first-order valence-electron chi connectivity index (χ1n) is 4.72. The van der Waals surface area contributed by atoms with E-state index in [9.17, 15) is 21.6 Å². The molecule has 0 aliphatic heterocycles. The number of hydrogen-bond donors (Lipinski definition) is 0. The molecule has 0 amide bonds. The summed E-state index contributed by atoms with van der Waals surface area (Å²) in [5, 5.41) is 4.62. The number of sulfone groups is 1. The van der Waals surface area contributed by atoms with Gasteiger partial charge in [0, 0.05) is 10.0 Å². The summed E-state index contributed by atoms with van der Waals surface area (Å²) in [6.07, 6.45) is -4.75. The second-order valence-electron chi connectivity index (χ2n) is 3.48. The average molecular weight is 363 g/mol. The first kappa shape index (κ1) is 15.5. The fourth-order valence-corrected chi connectivity index (χ4v) is 4.20. The lowest BCUT2D eigenvalue weighted by atomic mass is 10.4. The molecule has 20 heavy (non-hydrogen) atoms. The van der Waals surface area contributed by atoms with Gasteiger partial charge in [0.25, 0.3) is 0 Å². The van der Waals surface area contributed by atoms with E-state index >= 15 is 0 Å². The fourth-order valence-electron chi connectivity index (χ4n) is 1.22. The zero-order chi connectivity index (χ0) is 15.1. The van der Waals surface area contributed by atoms with Crippen molar-refractivity contribution in [3.8, 4) is 0 Å². The van der Waals surface area contributed by atoms with Crippen molar-refractivity contribution in [3.63, 3.8) is 0 Å². The molecule has 1 heterocycles. The molecule has 0 fully saturated rings. The standard InChI is InChI=1S/C9H3Cl2F3N2O2S2/c10-4-1-5(11)3-6(2-4)20(17,18)8-16-15-7(19-8)9(12,13)14/h1-3H. The molecule has 1 aromatic carbocycles. The highest BCUT2D eigenvalue weighted by Gasteiger charge is 2.37. The summed E-state index contributed by atoms with van der Waals surface area (Å²) >= 11 is 11.3. The quantitative estimate of drug-likeness (QED) is 0.817. The molecule has 0 radical (unpaired) electrons. The van der Waals surface area contributed by atoms with E-state index in [0.29, 0.717) is 0 Å². The molecule has 0 unspecified atom stereocenters. The topological polar surface area (TPSA) is 59.9 Å². The molecule has 0 spiro atoms. The highest BCUT2D eigenvalue weighted by Crippen LogP contribution is 2.35. The summed E-state index contributed by atoms with van der Waals surface area (Å²) in [5.41, 5.74) is 0. The van der Waals surface area contributed by atoms with E-state index in [0.717, 1.165) is 12.1 Å². The Hall–Kier alpha value is -0.900. The van der Waals surface area contributed by atoms with Crippen LogP contribution < -0.4 is 0 Å². The zero-order valence-electron chi connectivity index (χ0n) is 9.15. The number of aromatic nitrogens is 2. The summed E-state index contributed by atoms with van der Waals surface area (Å²) < 4.78 is 60.6. The largest absolute Gasteiger partial charge is 0.445 e. The number of halogens is 5. The first-order chi connectivity index (χ1) is 9.10.